The van der Waals surface area contributed by atoms with Crippen molar-refractivity contribution >= 4 is 17.7 Å². The van der Waals surface area contributed by atoms with Crippen LogP contribution < -0.4 is 10.1 Å². The van der Waals surface area contributed by atoms with Crippen molar-refractivity contribution in [1.29, 1.82) is 0 Å². The molecule has 134 valence electrons. The van der Waals surface area contributed by atoms with Gasteiger partial charge in [-0.15, -0.1) is 0 Å². The monoisotopic (exact) mass is 371 g/mol. The molecule has 3 aromatic rings. The number of ether oxygens (including phenoxy) is 2. The van der Waals surface area contributed by atoms with E-state index in [0.29, 0.717) is 5.02 Å². The summed E-state index contributed by atoms with van der Waals surface area (Å²) in [5, 5.41) is 7.81. The van der Waals surface area contributed by atoms with E-state index in [1.54, 1.807) is 17.9 Å². The van der Waals surface area contributed by atoms with Gasteiger partial charge in [0, 0.05) is 29.4 Å². The number of amides is 1. The number of carbonyl (C=O) groups excluding carboxylic acids is 1. The van der Waals surface area contributed by atoms with Gasteiger partial charge in [0.05, 0.1) is 25.6 Å². The van der Waals surface area contributed by atoms with E-state index in [2.05, 4.69) is 15.2 Å². The molecule has 0 aliphatic carbocycles. The number of benzene rings is 2. The smallest absolute Gasteiger partial charge is 0.407 e. The first-order valence-electron chi connectivity index (χ1n) is 7.91. The molecular weight excluding hydrogens is 354 g/mol. The van der Waals surface area contributed by atoms with E-state index in [1.807, 2.05) is 48.7 Å². The number of hydrogen-bond donors (Lipinski definition) is 1. The second-order valence-corrected chi connectivity index (χ2v) is 5.91. The van der Waals surface area contributed by atoms with Crippen LogP contribution in [0.3, 0.4) is 0 Å². The topological polar surface area (TPSA) is 65.4 Å². The largest absolute Gasteiger partial charge is 0.497 e. The first kappa shape index (κ1) is 17.8. The molecule has 1 N–H and O–H groups in total. The van der Waals surface area contributed by atoms with E-state index >= 15 is 0 Å². The van der Waals surface area contributed by atoms with E-state index in [0.717, 1.165) is 28.3 Å². The van der Waals surface area contributed by atoms with Gasteiger partial charge in [-0.3, -0.25) is 0 Å². The van der Waals surface area contributed by atoms with Gasteiger partial charge in [-0.2, -0.15) is 5.10 Å². The van der Waals surface area contributed by atoms with Crippen molar-refractivity contribution in [3.63, 3.8) is 0 Å². The molecule has 0 radical (unpaired) electrons. The summed E-state index contributed by atoms with van der Waals surface area (Å²) in [6.07, 6.45) is 1.37. The van der Waals surface area contributed by atoms with Crippen molar-refractivity contribution in [1.82, 2.24) is 15.1 Å². The highest BCUT2D eigenvalue weighted by Gasteiger charge is 2.09. The van der Waals surface area contributed by atoms with Crippen LogP contribution in [0, 0.1) is 0 Å². The van der Waals surface area contributed by atoms with Gasteiger partial charge in [-0.1, -0.05) is 23.7 Å². The Morgan fingerprint density at radius 1 is 1.19 bits per heavy atom. The zero-order valence-electron chi connectivity index (χ0n) is 14.4. The van der Waals surface area contributed by atoms with Crippen molar-refractivity contribution in [3.8, 4) is 22.7 Å². The standard InChI is InChI=1S/C19H18ClN3O3/c1-25-16-5-3-4-15(11-16)23-9-8-18(22-23)13-6-7-17(20)14(10-13)12-21-19(24)26-2/h3-11H,12H2,1-2H3,(H,21,24). The summed E-state index contributed by atoms with van der Waals surface area (Å²) in [5.41, 5.74) is 3.38. The molecule has 6 nitrogen and oxygen atoms in total. The molecule has 0 aliphatic rings. The van der Waals surface area contributed by atoms with Crippen LogP contribution >= 0.6 is 11.6 Å². The number of nitrogens with one attached hydrogen (secondary N) is 1. The van der Waals surface area contributed by atoms with Crippen LogP contribution in [-0.2, 0) is 11.3 Å². The maximum absolute atomic E-state index is 11.3. The van der Waals surface area contributed by atoms with E-state index in [4.69, 9.17) is 16.3 Å². The lowest BCUT2D eigenvalue weighted by atomic mass is 10.1. The maximum Gasteiger partial charge on any atom is 0.407 e. The lowest BCUT2D eigenvalue weighted by Crippen LogP contribution is -2.22. The second-order valence-electron chi connectivity index (χ2n) is 5.50. The molecular formula is C19H18ClN3O3. The summed E-state index contributed by atoms with van der Waals surface area (Å²) in [7, 11) is 2.95. The average Bonchev–Trinajstić information content (AvgIpc) is 3.17. The van der Waals surface area contributed by atoms with Crippen LogP contribution in [0.1, 0.15) is 5.56 Å². The Morgan fingerprint density at radius 2 is 2.04 bits per heavy atom. The quantitative estimate of drug-likeness (QED) is 0.734. The minimum atomic E-state index is -0.506. The van der Waals surface area contributed by atoms with Crippen LogP contribution in [0.4, 0.5) is 4.79 Å². The summed E-state index contributed by atoms with van der Waals surface area (Å²) in [6, 6.07) is 15.1. The number of methoxy groups -OCH3 is 2. The molecule has 1 aromatic heterocycles. The predicted molar refractivity (Wildman–Crippen MR) is 99.8 cm³/mol. The molecule has 2 aromatic carbocycles. The number of halogens is 1. The Kier molecular flexibility index (Phi) is 5.43. The summed E-state index contributed by atoms with van der Waals surface area (Å²) in [5.74, 6) is 0.766. The van der Waals surface area contributed by atoms with Crippen molar-refractivity contribution < 1.29 is 14.3 Å². The Bertz CT molecular complexity index is 924. The van der Waals surface area contributed by atoms with E-state index < -0.39 is 6.09 Å². The van der Waals surface area contributed by atoms with E-state index in [9.17, 15) is 4.79 Å². The van der Waals surface area contributed by atoms with Gasteiger partial charge in [0.25, 0.3) is 0 Å². The number of aromatic nitrogens is 2. The van der Waals surface area contributed by atoms with Gasteiger partial charge >= 0.3 is 6.09 Å². The predicted octanol–water partition coefficient (Wildman–Crippen LogP) is 4.06. The molecule has 0 saturated carbocycles. The van der Waals surface area contributed by atoms with Crippen molar-refractivity contribution in [3.05, 3.63) is 65.3 Å². The highest BCUT2D eigenvalue weighted by Crippen LogP contribution is 2.25. The van der Waals surface area contributed by atoms with Gasteiger partial charge in [-0.25, -0.2) is 9.48 Å². The molecule has 0 bridgehead atoms. The summed E-state index contributed by atoms with van der Waals surface area (Å²) < 4.78 is 11.6. The molecule has 7 heteroatoms. The molecule has 0 spiro atoms. The lowest BCUT2D eigenvalue weighted by Gasteiger charge is -2.08. The summed E-state index contributed by atoms with van der Waals surface area (Å²) in [4.78, 5) is 11.3. The molecule has 1 amide bonds. The normalized spacial score (nSPS) is 10.4. The molecule has 0 unspecified atom stereocenters. The summed E-state index contributed by atoms with van der Waals surface area (Å²) >= 11 is 6.21. The van der Waals surface area contributed by atoms with Crippen LogP contribution in [0.15, 0.2) is 54.7 Å². The highest BCUT2D eigenvalue weighted by molar-refractivity contribution is 6.31. The van der Waals surface area contributed by atoms with Gasteiger partial charge in [0.2, 0.25) is 0 Å². The molecule has 1 heterocycles. The highest BCUT2D eigenvalue weighted by atomic mass is 35.5. The zero-order chi connectivity index (χ0) is 18.5. The Hall–Kier alpha value is -2.99. The molecule has 0 fully saturated rings. The third-order valence-electron chi connectivity index (χ3n) is 3.86. The first-order valence-corrected chi connectivity index (χ1v) is 8.29. The van der Waals surface area contributed by atoms with Gasteiger partial charge in [0.1, 0.15) is 5.75 Å². The number of carbonyl (C=O) groups is 1. The minimum absolute atomic E-state index is 0.274. The van der Waals surface area contributed by atoms with Crippen molar-refractivity contribution in [2.75, 3.05) is 14.2 Å². The average molecular weight is 372 g/mol. The van der Waals surface area contributed by atoms with Crippen LogP contribution in [0.5, 0.6) is 5.75 Å². The zero-order valence-corrected chi connectivity index (χ0v) is 15.2. The molecule has 0 atom stereocenters. The SMILES string of the molecule is COC(=O)NCc1cc(-c2ccn(-c3cccc(OC)c3)n2)ccc1Cl. The Morgan fingerprint density at radius 3 is 2.81 bits per heavy atom. The molecule has 0 saturated heterocycles. The fourth-order valence-corrected chi connectivity index (χ4v) is 2.67. The van der Waals surface area contributed by atoms with Crippen molar-refractivity contribution in [2.45, 2.75) is 6.54 Å². The third kappa shape index (κ3) is 3.97. The van der Waals surface area contributed by atoms with Gasteiger partial charge < -0.3 is 14.8 Å². The third-order valence-corrected chi connectivity index (χ3v) is 4.23. The van der Waals surface area contributed by atoms with E-state index in [1.165, 1.54) is 7.11 Å². The van der Waals surface area contributed by atoms with Gasteiger partial charge in [-0.05, 0) is 35.9 Å². The fraction of sp³-hybridized carbons (Fsp3) is 0.158. The second kappa shape index (κ2) is 7.93. The van der Waals surface area contributed by atoms with Gasteiger partial charge in [0.15, 0.2) is 0 Å². The summed E-state index contributed by atoms with van der Waals surface area (Å²) in [6.45, 7) is 0.274. The molecule has 3 rings (SSSR count). The van der Waals surface area contributed by atoms with Crippen molar-refractivity contribution in [2.24, 2.45) is 0 Å². The number of rotatable bonds is 5. The Balaban J connectivity index is 1.85. The van der Waals surface area contributed by atoms with Crippen LogP contribution in [0.2, 0.25) is 5.02 Å². The number of hydrogen-bond acceptors (Lipinski definition) is 4. The minimum Gasteiger partial charge on any atom is -0.497 e. The molecule has 0 aliphatic heterocycles. The van der Waals surface area contributed by atoms with Crippen LogP contribution in [0.25, 0.3) is 16.9 Å². The lowest BCUT2D eigenvalue weighted by molar-refractivity contribution is 0.170. The maximum atomic E-state index is 11.3. The Labute approximate surface area is 156 Å². The van der Waals surface area contributed by atoms with Crippen LogP contribution in [-0.4, -0.2) is 30.1 Å². The van der Waals surface area contributed by atoms with E-state index in [-0.39, 0.29) is 6.54 Å². The first-order chi connectivity index (χ1) is 12.6. The fourth-order valence-electron chi connectivity index (χ4n) is 2.48. The molecule has 26 heavy (non-hydrogen) atoms. The number of nitrogens with zero attached hydrogens (tertiary/aromatic N) is 2. The number of alkyl carbamates (subject to hydrolysis) is 1.